The van der Waals surface area contributed by atoms with E-state index in [4.69, 9.17) is 4.42 Å². The molecule has 2 fully saturated rings. The average Bonchev–Trinajstić information content (AvgIpc) is 4.00. The number of aryl methyl sites for hydroxylation is 2. The van der Waals surface area contributed by atoms with E-state index < -0.39 is 11.9 Å². The summed E-state index contributed by atoms with van der Waals surface area (Å²) < 4.78 is 10.7. The number of furan rings is 1. The predicted octanol–water partition coefficient (Wildman–Crippen LogP) is 3.60. The number of rotatable bonds is 9. The molecular weight excluding hydrogens is 767 g/mol. The number of piperidine rings is 2. The number of amides is 5. The van der Waals surface area contributed by atoms with Crippen LogP contribution in [-0.2, 0) is 32.8 Å². The summed E-state index contributed by atoms with van der Waals surface area (Å²) in [5.74, 6) is 5.81. The van der Waals surface area contributed by atoms with Gasteiger partial charge in [0.25, 0.3) is 5.91 Å². The fourth-order valence-corrected chi connectivity index (χ4v) is 8.45. The van der Waals surface area contributed by atoms with Crippen molar-refractivity contribution in [1.29, 1.82) is 0 Å². The lowest BCUT2D eigenvalue weighted by molar-refractivity contribution is -0.136. The first-order valence-corrected chi connectivity index (χ1v) is 20.4. The Morgan fingerprint density at radius 1 is 0.950 bits per heavy atom. The smallest absolute Gasteiger partial charge is 0.329 e. The van der Waals surface area contributed by atoms with Crippen LogP contribution in [-0.4, -0.2) is 109 Å². The highest BCUT2D eigenvalue weighted by Gasteiger charge is 2.32. The maximum Gasteiger partial charge on any atom is 0.329 e. The Labute approximate surface area is 345 Å². The Morgan fingerprint density at radius 2 is 1.75 bits per heavy atom. The summed E-state index contributed by atoms with van der Waals surface area (Å²) in [6.07, 6.45) is 9.05. The summed E-state index contributed by atoms with van der Waals surface area (Å²) in [6.45, 7) is 2.70. The molecule has 0 bridgehead atoms. The molecule has 1 atom stereocenters. The standard InChI is InChI=1S/C44H47N9O7/c1-48(2)43(58)37-26-33-24-32(31-8-6-18-51(27-31)40(56)16-21-52-22-17-45-47-52)23-30(41(33)60-37)7-4-5-9-39(55)50-19-14-28(15-20-50)29-10-11-34-36(25-29)49(3)44(59)53(34)35-12-13-38(54)46-42(35)57/h8,10-11,17,22-26,28,35H,5-6,9,12-16,18-21,27H2,1-3H3,(H,46,54,57). The van der Waals surface area contributed by atoms with Crippen LogP contribution in [0.2, 0.25) is 0 Å². The minimum atomic E-state index is -0.738. The monoisotopic (exact) mass is 813 g/mol. The van der Waals surface area contributed by atoms with E-state index in [0.717, 1.165) is 40.4 Å². The molecule has 0 aliphatic carbocycles. The second kappa shape index (κ2) is 16.8. The summed E-state index contributed by atoms with van der Waals surface area (Å²) in [5.41, 5.74) is 5.11. The van der Waals surface area contributed by atoms with E-state index in [0.29, 0.717) is 68.6 Å². The van der Waals surface area contributed by atoms with Crippen molar-refractivity contribution in [3.05, 3.63) is 87.8 Å². The first-order valence-electron chi connectivity index (χ1n) is 20.4. The lowest BCUT2D eigenvalue weighted by atomic mass is 9.89. The van der Waals surface area contributed by atoms with Crippen LogP contribution in [0.3, 0.4) is 0 Å². The second-order valence-electron chi connectivity index (χ2n) is 15.9. The van der Waals surface area contributed by atoms with Crippen molar-refractivity contribution in [3.8, 4) is 11.8 Å². The summed E-state index contributed by atoms with van der Waals surface area (Å²) in [6, 6.07) is 10.8. The van der Waals surface area contributed by atoms with Crippen LogP contribution in [0.4, 0.5) is 0 Å². The van der Waals surface area contributed by atoms with Crippen molar-refractivity contribution in [1.82, 2.24) is 44.1 Å². The van der Waals surface area contributed by atoms with Crippen LogP contribution in [0.15, 0.2) is 64.1 Å². The van der Waals surface area contributed by atoms with Crippen LogP contribution in [0.5, 0.6) is 0 Å². The highest BCUT2D eigenvalue weighted by Crippen LogP contribution is 2.33. The number of benzene rings is 2. The van der Waals surface area contributed by atoms with Gasteiger partial charge in [-0.05, 0) is 78.6 Å². The van der Waals surface area contributed by atoms with Gasteiger partial charge < -0.3 is 19.1 Å². The summed E-state index contributed by atoms with van der Waals surface area (Å²) in [4.78, 5) is 82.1. The number of hydrogen-bond donors (Lipinski definition) is 1. The third-order valence-electron chi connectivity index (χ3n) is 11.8. The maximum absolute atomic E-state index is 13.4. The van der Waals surface area contributed by atoms with Crippen LogP contribution in [0, 0.1) is 11.8 Å². The van der Waals surface area contributed by atoms with Gasteiger partial charge in [-0.3, -0.25) is 43.1 Å². The van der Waals surface area contributed by atoms with Gasteiger partial charge in [0.05, 0.1) is 29.3 Å². The summed E-state index contributed by atoms with van der Waals surface area (Å²) in [7, 11) is 5.02. The molecule has 0 radical (unpaired) electrons. The summed E-state index contributed by atoms with van der Waals surface area (Å²) >= 11 is 0. The van der Waals surface area contributed by atoms with Crippen LogP contribution >= 0.6 is 0 Å². The van der Waals surface area contributed by atoms with E-state index in [2.05, 4.69) is 33.5 Å². The van der Waals surface area contributed by atoms with E-state index >= 15 is 0 Å². The molecule has 5 aromatic rings. The minimum absolute atomic E-state index is 0.0265. The Morgan fingerprint density at radius 3 is 2.50 bits per heavy atom. The SMILES string of the molecule is CN(C)C(=O)c1cc2cc(C3=CCCN(C(=O)CCn4ccnn4)C3)cc(C#CCCC(=O)N3CCC(c4ccc5c(c4)n(C)c(=O)n5C4CCC(=O)NC4=O)CC3)c2o1. The van der Waals surface area contributed by atoms with E-state index in [9.17, 15) is 28.8 Å². The molecule has 0 spiro atoms. The predicted molar refractivity (Wildman–Crippen MR) is 221 cm³/mol. The number of aromatic nitrogens is 5. The maximum atomic E-state index is 13.4. The number of imidazole rings is 1. The first kappa shape index (κ1) is 40.0. The number of carbonyl (C=O) groups is 5. The number of fused-ring (bicyclic) bond motifs is 2. The molecule has 1 unspecified atom stereocenters. The van der Waals surface area contributed by atoms with Crippen molar-refractivity contribution in [2.45, 2.75) is 69.9 Å². The largest absolute Gasteiger partial charge is 0.450 e. The molecule has 16 nitrogen and oxygen atoms in total. The van der Waals surface area contributed by atoms with E-state index in [1.54, 1.807) is 48.9 Å². The van der Waals surface area contributed by atoms with Gasteiger partial charge in [0.1, 0.15) is 6.04 Å². The number of imide groups is 1. The van der Waals surface area contributed by atoms with Crippen LogP contribution < -0.4 is 11.0 Å². The van der Waals surface area contributed by atoms with Gasteiger partial charge in [0, 0.05) is 84.6 Å². The average molecular weight is 814 g/mol. The first-order chi connectivity index (χ1) is 28.9. The van der Waals surface area contributed by atoms with Gasteiger partial charge in [-0.2, -0.15) is 0 Å². The van der Waals surface area contributed by atoms with E-state index in [-0.39, 0.29) is 60.3 Å². The highest BCUT2D eigenvalue weighted by molar-refractivity contribution is 6.00. The van der Waals surface area contributed by atoms with Gasteiger partial charge >= 0.3 is 5.69 Å². The van der Waals surface area contributed by atoms with Crippen LogP contribution in [0.1, 0.15) is 90.6 Å². The number of carbonyl (C=O) groups excluding carboxylic acids is 5. The number of hydrogen-bond acceptors (Lipinski definition) is 9. The molecule has 1 N–H and O–H groups in total. The lowest BCUT2D eigenvalue weighted by Gasteiger charge is -2.32. The van der Waals surface area contributed by atoms with Gasteiger partial charge in [0.2, 0.25) is 23.6 Å². The third-order valence-corrected chi connectivity index (χ3v) is 11.8. The fourth-order valence-electron chi connectivity index (χ4n) is 8.45. The molecule has 8 rings (SSSR count). The molecule has 3 aromatic heterocycles. The van der Waals surface area contributed by atoms with E-state index in [1.165, 1.54) is 9.47 Å². The third kappa shape index (κ3) is 8.12. The zero-order valence-corrected chi connectivity index (χ0v) is 34.0. The Bertz CT molecular complexity index is 2670. The van der Waals surface area contributed by atoms with Crippen molar-refractivity contribution in [3.63, 3.8) is 0 Å². The molecule has 3 aliphatic rings. The van der Waals surface area contributed by atoms with Crippen molar-refractivity contribution in [2.24, 2.45) is 7.05 Å². The topological polar surface area (TPSA) is 178 Å². The molecule has 16 heteroatoms. The fraction of sp³-hybridized carbons (Fsp3) is 0.409. The van der Waals surface area contributed by atoms with Gasteiger partial charge in [-0.25, -0.2) is 4.79 Å². The normalized spacial score (nSPS) is 17.4. The van der Waals surface area contributed by atoms with Gasteiger partial charge in [-0.15, -0.1) is 5.10 Å². The molecule has 60 heavy (non-hydrogen) atoms. The highest BCUT2D eigenvalue weighted by atomic mass is 16.3. The molecule has 5 amide bonds. The zero-order valence-electron chi connectivity index (χ0n) is 34.0. The molecule has 6 heterocycles. The Hall–Kier alpha value is -6.76. The lowest BCUT2D eigenvalue weighted by Crippen LogP contribution is -2.44. The van der Waals surface area contributed by atoms with Crippen molar-refractivity contribution >= 4 is 57.1 Å². The van der Waals surface area contributed by atoms with Gasteiger partial charge in [0.15, 0.2) is 11.3 Å². The zero-order chi connectivity index (χ0) is 42.1. The van der Waals surface area contributed by atoms with Crippen molar-refractivity contribution < 1.29 is 28.4 Å². The van der Waals surface area contributed by atoms with Crippen molar-refractivity contribution in [2.75, 3.05) is 40.3 Å². The minimum Gasteiger partial charge on any atom is -0.450 e. The molecular formula is C44H47N9O7. The molecule has 0 saturated carbocycles. The molecule has 2 aromatic carbocycles. The van der Waals surface area contributed by atoms with E-state index in [1.807, 2.05) is 40.1 Å². The Kier molecular flexibility index (Phi) is 11.2. The number of nitrogens with zero attached hydrogens (tertiary/aromatic N) is 8. The Balaban J connectivity index is 0.918. The van der Waals surface area contributed by atoms with Gasteiger partial charge in [-0.1, -0.05) is 29.2 Å². The quantitative estimate of drug-likeness (QED) is 0.172. The summed E-state index contributed by atoms with van der Waals surface area (Å²) in [5, 5.41) is 10.8. The molecule has 2 saturated heterocycles. The van der Waals surface area contributed by atoms with Crippen LogP contribution in [0.25, 0.3) is 27.6 Å². The number of nitrogens with one attached hydrogen (secondary N) is 1. The molecule has 3 aliphatic heterocycles. The molecule has 310 valence electrons. The number of likely N-dealkylation sites (tertiary alicyclic amines) is 1. The second-order valence-corrected chi connectivity index (χ2v) is 15.9.